The highest BCUT2D eigenvalue weighted by molar-refractivity contribution is 7.16. The van der Waals surface area contributed by atoms with Gasteiger partial charge in [0.1, 0.15) is 0 Å². The van der Waals surface area contributed by atoms with Crippen molar-refractivity contribution in [2.45, 2.75) is 19.9 Å². The molecule has 70 valence electrons. The number of halogens is 1. The SMILES string of the molecule is CC(C)(C#N)C(N)c1ccc(Cl)s1. The molecule has 0 radical (unpaired) electrons. The second kappa shape index (κ2) is 3.67. The Labute approximate surface area is 86.9 Å². The molecule has 13 heavy (non-hydrogen) atoms. The number of nitriles is 1. The van der Waals surface area contributed by atoms with Crippen molar-refractivity contribution < 1.29 is 0 Å². The minimum Gasteiger partial charge on any atom is -0.322 e. The lowest BCUT2D eigenvalue weighted by Crippen LogP contribution is -2.26. The Balaban J connectivity index is 2.92. The fourth-order valence-corrected chi connectivity index (χ4v) is 2.17. The lowest BCUT2D eigenvalue weighted by molar-refractivity contribution is 0.398. The van der Waals surface area contributed by atoms with Crippen molar-refractivity contribution in [3.8, 4) is 6.07 Å². The summed E-state index contributed by atoms with van der Waals surface area (Å²) >= 11 is 7.21. The van der Waals surface area contributed by atoms with Crippen LogP contribution in [0.3, 0.4) is 0 Å². The van der Waals surface area contributed by atoms with Gasteiger partial charge in [-0.1, -0.05) is 11.6 Å². The molecule has 4 heteroatoms. The number of hydrogen-bond acceptors (Lipinski definition) is 3. The maximum atomic E-state index is 8.87. The van der Waals surface area contributed by atoms with Gasteiger partial charge in [-0.3, -0.25) is 0 Å². The Kier molecular flexibility index (Phi) is 2.97. The minimum absolute atomic E-state index is 0.269. The third-order valence-corrected chi connectivity index (χ3v) is 3.28. The first-order valence-corrected chi connectivity index (χ1v) is 5.09. The molecule has 1 heterocycles. The Morgan fingerprint density at radius 2 is 2.23 bits per heavy atom. The molecule has 0 bridgehead atoms. The molecule has 0 amide bonds. The molecule has 1 aromatic rings. The predicted octanol–water partition coefficient (Wildman–Crippen LogP) is 2.95. The van der Waals surface area contributed by atoms with Crippen molar-refractivity contribution >= 4 is 22.9 Å². The summed E-state index contributed by atoms with van der Waals surface area (Å²) in [7, 11) is 0. The van der Waals surface area contributed by atoms with E-state index in [1.165, 1.54) is 11.3 Å². The maximum Gasteiger partial charge on any atom is 0.0931 e. The maximum absolute atomic E-state index is 8.87. The van der Waals surface area contributed by atoms with Crippen LogP contribution in [0.4, 0.5) is 0 Å². The molecule has 0 aliphatic rings. The molecule has 0 spiro atoms. The number of nitrogens with zero attached hydrogens (tertiary/aromatic N) is 1. The Morgan fingerprint density at radius 1 is 1.62 bits per heavy atom. The molecule has 0 fully saturated rings. The summed E-state index contributed by atoms with van der Waals surface area (Å²) in [6, 6.07) is 5.59. The van der Waals surface area contributed by atoms with E-state index in [1.54, 1.807) is 6.07 Å². The van der Waals surface area contributed by atoms with E-state index < -0.39 is 5.41 Å². The summed E-state index contributed by atoms with van der Waals surface area (Å²) in [6.45, 7) is 3.65. The summed E-state index contributed by atoms with van der Waals surface area (Å²) in [5.41, 5.74) is 5.38. The van der Waals surface area contributed by atoms with Crippen LogP contribution in [0.2, 0.25) is 4.34 Å². The average molecular weight is 215 g/mol. The van der Waals surface area contributed by atoms with E-state index in [0.717, 1.165) is 4.88 Å². The number of hydrogen-bond donors (Lipinski definition) is 1. The van der Waals surface area contributed by atoms with Gasteiger partial charge in [-0.25, -0.2) is 0 Å². The van der Waals surface area contributed by atoms with E-state index in [4.69, 9.17) is 22.6 Å². The first kappa shape index (κ1) is 10.5. The van der Waals surface area contributed by atoms with Gasteiger partial charge in [-0.15, -0.1) is 11.3 Å². The molecular weight excluding hydrogens is 204 g/mol. The van der Waals surface area contributed by atoms with E-state index in [2.05, 4.69) is 6.07 Å². The minimum atomic E-state index is -0.547. The quantitative estimate of drug-likeness (QED) is 0.823. The Morgan fingerprint density at radius 3 is 2.62 bits per heavy atom. The topological polar surface area (TPSA) is 49.8 Å². The van der Waals surface area contributed by atoms with Gasteiger partial charge in [0.05, 0.1) is 21.9 Å². The van der Waals surface area contributed by atoms with Crippen LogP contribution in [0.1, 0.15) is 24.8 Å². The highest BCUT2D eigenvalue weighted by atomic mass is 35.5. The molecule has 2 nitrogen and oxygen atoms in total. The summed E-state index contributed by atoms with van der Waals surface area (Å²) in [4.78, 5) is 0.955. The zero-order valence-electron chi connectivity index (χ0n) is 7.54. The fraction of sp³-hybridized carbons (Fsp3) is 0.444. The van der Waals surface area contributed by atoms with Gasteiger partial charge in [0.25, 0.3) is 0 Å². The molecule has 1 rings (SSSR count). The first-order chi connectivity index (χ1) is 5.97. The van der Waals surface area contributed by atoms with Crippen molar-refractivity contribution in [3.05, 3.63) is 21.3 Å². The van der Waals surface area contributed by atoms with Gasteiger partial charge in [0, 0.05) is 4.88 Å². The number of rotatable bonds is 2. The van der Waals surface area contributed by atoms with E-state index in [9.17, 15) is 0 Å². The van der Waals surface area contributed by atoms with Crippen molar-refractivity contribution in [2.24, 2.45) is 11.1 Å². The zero-order valence-corrected chi connectivity index (χ0v) is 9.12. The Hall–Kier alpha value is -0.560. The van der Waals surface area contributed by atoms with Crippen LogP contribution >= 0.6 is 22.9 Å². The van der Waals surface area contributed by atoms with Gasteiger partial charge >= 0.3 is 0 Å². The smallest absolute Gasteiger partial charge is 0.0931 e. The van der Waals surface area contributed by atoms with Gasteiger partial charge in [-0.05, 0) is 26.0 Å². The van der Waals surface area contributed by atoms with Crippen LogP contribution in [0.15, 0.2) is 12.1 Å². The third-order valence-electron chi connectivity index (χ3n) is 1.97. The molecule has 0 aliphatic carbocycles. The van der Waals surface area contributed by atoms with Crippen molar-refractivity contribution in [1.29, 1.82) is 5.26 Å². The number of nitrogens with two attached hydrogens (primary N) is 1. The predicted molar refractivity (Wildman–Crippen MR) is 55.7 cm³/mol. The molecule has 1 atom stereocenters. The summed E-state index contributed by atoms with van der Waals surface area (Å²) in [6.07, 6.45) is 0. The van der Waals surface area contributed by atoms with Crippen molar-refractivity contribution in [1.82, 2.24) is 0 Å². The molecular formula is C9H11ClN2S. The molecule has 1 aromatic heterocycles. The van der Waals surface area contributed by atoms with Crippen LogP contribution in [0.25, 0.3) is 0 Å². The summed E-state index contributed by atoms with van der Waals surface area (Å²) in [5, 5.41) is 8.87. The van der Waals surface area contributed by atoms with Crippen LogP contribution in [0, 0.1) is 16.7 Å². The highest BCUT2D eigenvalue weighted by Crippen LogP contribution is 2.35. The van der Waals surface area contributed by atoms with Gasteiger partial charge in [0.2, 0.25) is 0 Å². The van der Waals surface area contributed by atoms with E-state index in [1.807, 2.05) is 19.9 Å². The van der Waals surface area contributed by atoms with Crippen molar-refractivity contribution in [2.75, 3.05) is 0 Å². The van der Waals surface area contributed by atoms with Gasteiger partial charge in [0.15, 0.2) is 0 Å². The van der Waals surface area contributed by atoms with Crippen LogP contribution < -0.4 is 5.73 Å². The zero-order chi connectivity index (χ0) is 10.1. The monoisotopic (exact) mass is 214 g/mol. The summed E-state index contributed by atoms with van der Waals surface area (Å²) < 4.78 is 0.708. The van der Waals surface area contributed by atoms with E-state index >= 15 is 0 Å². The molecule has 0 saturated carbocycles. The van der Waals surface area contributed by atoms with Crippen LogP contribution in [-0.4, -0.2) is 0 Å². The van der Waals surface area contributed by atoms with E-state index in [0.29, 0.717) is 4.34 Å². The average Bonchev–Trinajstić information content (AvgIpc) is 2.50. The van der Waals surface area contributed by atoms with Gasteiger partial charge < -0.3 is 5.73 Å². The standard InChI is InChI=1S/C9H11ClN2S/c1-9(2,5-11)8(12)6-3-4-7(10)13-6/h3-4,8H,12H2,1-2H3. The molecule has 0 aliphatic heterocycles. The highest BCUT2D eigenvalue weighted by Gasteiger charge is 2.28. The summed E-state index contributed by atoms with van der Waals surface area (Å²) in [5.74, 6) is 0. The fourth-order valence-electron chi connectivity index (χ4n) is 0.921. The normalized spacial score (nSPS) is 13.8. The molecule has 2 N–H and O–H groups in total. The van der Waals surface area contributed by atoms with E-state index in [-0.39, 0.29) is 6.04 Å². The lowest BCUT2D eigenvalue weighted by atomic mass is 9.86. The first-order valence-electron chi connectivity index (χ1n) is 3.89. The van der Waals surface area contributed by atoms with Crippen LogP contribution in [0.5, 0.6) is 0 Å². The van der Waals surface area contributed by atoms with Gasteiger partial charge in [-0.2, -0.15) is 5.26 Å². The third kappa shape index (κ3) is 2.22. The molecule has 0 aromatic carbocycles. The molecule has 1 unspecified atom stereocenters. The second-order valence-electron chi connectivity index (χ2n) is 3.45. The van der Waals surface area contributed by atoms with Crippen molar-refractivity contribution in [3.63, 3.8) is 0 Å². The largest absolute Gasteiger partial charge is 0.322 e. The Bertz CT molecular complexity index is 338. The number of thiophene rings is 1. The lowest BCUT2D eigenvalue weighted by Gasteiger charge is -2.22. The molecule has 0 saturated heterocycles. The second-order valence-corrected chi connectivity index (χ2v) is 5.20. The van der Waals surface area contributed by atoms with Crippen LogP contribution in [-0.2, 0) is 0 Å².